The number of phenols is 1. The summed E-state index contributed by atoms with van der Waals surface area (Å²) in [5.74, 6) is 6.09. The van der Waals surface area contributed by atoms with Crippen LogP contribution in [0.1, 0.15) is 76.3 Å². The minimum absolute atomic E-state index is 0.0270. The number of aryl methyl sites for hydroxylation is 1. The normalized spacial score (nSPS) is 10.3. The summed E-state index contributed by atoms with van der Waals surface area (Å²) >= 11 is 0. The van der Waals surface area contributed by atoms with E-state index in [1.54, 1.807) is 48.5 Å². The van der Waals surface area contributed by atoms with Crippen LogP contribution in [0.3, 0.4) is 0 Å². The quantitative estimate of drug-likeness (QED) is 0.129. The summed E-state index contributed by atoms with van der Waals surface area (Å²) in [6, 6.07) is 13.5. The average molecular weight is 574 g/mol. The summed E-state index contributed by atoms with van der Waals surface area (Å²) in [7, 11) is 2.66. The van der Waals surface area contributed by atoms with E-state index >= 15 is 0 Å². The number of ether oxygens (including phenoxy) is 4. The van der Waals surface area contributed by atoms with Gasteiger partial charge in [0.15, 0.2) is 5.78 Å². The molecule has 0 spiro atoms. The molecule has 0 atom stereocenters. The van der Waals surface area contributed by atoms with Crippen molar-refractivity contribution in [2.75, 3.05) is 27.4 Å². The molecule has 1 aromatic heterocycles. The van der Waals surface area contributed by atoms with Gasteiger partial charge in [-0.25, -0.2) is 9.78 Å². The lowest BCUT2D eigenvalue weighted by Gasteiger charge is -2.15. The van der Waals surface area contributed by atoms with Gasteiger partial charge in [0.05, 0.1) is 50.7 Å². The number of methoxy groups -OCH3 is 2. The van der Waals surface area contributed by atoms with Gasteiger partial charge in [-0.2, -0.15) is 0 Å². The van der Waals surface area contributed by atoms with Crippen LogP contribution in [-0.2, 0) is 27.1 Å². The second-order valence-corrected chi connectivity index (χ2v) is 9.33. The van der Waals surface area contributed by atoms with Crippen LogP contribution >= 0.6 is 0 Å². The number of hydrogen-bond acceptors (Lipinski definition) is 9. The zero-order valence-electron chi connectivity index (χ0n) is 24.3. The lowest BCUT2D eigenvalue weighted by molar-refractivity contribution is -0.140. The third-order valence-corrected chi connectivity index (χ3v) is 6.29. The number of carbonyl (C=O) groups excluding carboxylic acids is 3. The van der Waals surface area contributed by atoms with Gasteiger partial charge in [-0.1, -0.05) is 19.3 Å². The van der Waals surface area contributed by atoms with Crippen molar-refractivity contribution in [2.24, 2.45) is 0 Å². The Bertz CT molecular complexity index is 1470. The highest BCUT2D eigenvalue weighted by atomic mass is 16.5. The monoisotopic (exact) mass is 573 g/mol. The van der Waals surface area contributed by atoms with Crippen molar-refractivity contribution < 1.29 is 38.4 Å². The third-order valence-electron chi connectivity index (χ3n) is 6.29. The van der Waals surface area contributed by atoms with E-state index in [2.05, 4.69) is 16.8 Å². The van der Waals surface area contributed by atoms with Gasteiger partial charge < -0.3 is 24.1 Å². The first-order valence-corrected chi connectivity index (χ1v) is 13.7. The van der Waals surface area contributed by atoms with Gasteiger partial charge in [0.25, 0.3) is 0 Å². The highest BCUT2D eigenvalue weighted by Crippen LogP contribution is 2.33. The molecule has 9 heteroatoms. The topological polar surface area (TPSA) is 121 Å². The molecule has 0 aliphatic carbocycles. The van der Waals surface area contributed by atoms with Crippen molar-refractivity contribution in [2.45, 2.75) is 46.0 Å². The summed E-state index contributed by atoms with van der Waals surface area (Å²) in [6.07, 6.45) is 2.36. The lowest BCUT2D eigenvalue weighted by atomic mass is 10.0. The van der Waals surface area contributed by atoms with E-state index in [0.717, 1.165) is 6.42 Å². The molecular formula is C33H35NO8. The Kier molecular flexibility index (Phi) is 11.9. The summed E-state index contributed by atoms with van der Waals surface area (Å²) in [6.45, 7) is 4.07. The number of aromatic hydroxyl groups is 1. The highest BCUT2D eigenvalue weighted by Gasteiger charge is 2.16. The summed E-state index contributed by atoms with van der Waals surface area (Å²) in [5.41, 5.74) is 3.11. The molecule has 3 rings (SSSR count). The molecule has 0 saturated carbocycles. The van der Waals surface area contributed by atoms with Crippen LogP contribution < -0.4 is 9.47 Å². The van der Waals surface area contributed by atoms with Crippen LogP contribution in [0.4, 0.5) is 0 Å². The molecule has 0 aliphatic rings. The van der Waals surface area contributed by atoms with Crippen molar-refractivity contribution in [1.29, 1.82) is 0 Å². The minimum atomic E-state index is -0.419. The molecule has 0 bridgehead atoms. The second kappa shape index (κ2) is 15.8. The highest BCUT2D eigenvalue weighted by molar-refractivity contribution is 5.97. The predicted octanol–water partition coefficient (Wildman–Crippen LogP) is 5.08. The Morgan fingerprint density at radius 3 is 2.19 bits per heavy atom. The average Bonchev–Trinajstić information content (AvgIpc) is 3.00. The number of Topliss-reactive ketones (excluding diaryl/α,β-unsaturated/α-hetero) is 1. The van der Waals surface area contributed by atoms with Gasteiger partial charge >= 0.3 is 11.9 Å². The first kappa shape index (κ1) is 31.7. The number of rotatable bonds is 13. The first-order valence-electron chi connectivity index (χ1n) is 13.7. The van der Waals surface area contributed by atoms with Gasteiger partial charge in [-0.3, -0.25) is 9.59 Å². The Morgan fingerprint density at radius 1 is 0.857 bits per heavy atom. The van der Waals surface area contributed by atoms with E-state index in [4.69, 9.17) is 18.9 Å². The number of esters is 2. The predicted molar refractivity (Wildman–Crippen MR) is 156 cm³/mol. The van der Waals surface area contributed by atoms with Crippen molar-refractivity contribution in [3.8, 4) is 29.1 Å². The van der Waals surface area contributed by atoms with Crippen LogP contribution in [0.15, 0.2) is 48.5 Å². The molecule has 0 aliphatic heterocycles. The van der Waals surface area contributed by atoms with Crippen LogP contribution in [0.25, 0.3) is 0 Å². The van der Waals surface area contributed by atoms with Crippen LogP contribution in [0.2, 0.25) is 0 Å². The summed E-state index contributed by atoms with van der Waals surface area (Å²) in [4.78, 5) is 39.8. The number of hydrogen-bond donors (Lipinski definition) is 1. The van der Waals surface area contributed by atoms with Gasteiger partial charge in [-0.15, -0.1) is 0 Å². The molecule has 0 saturated heterocycles. The molecule has 9 nitrogen and oxygen atoms in total. The Hall–Kier alpha value is -4.84. The Labute approximate surface area is 245 Å². The SMILES string of the molecule is CCCc1c(OCCCOc2ccc(C#Cc3ccc(C(=O)OC)cc3)nc2CCC(=O)OC)ccc(C(C)=O)c1O. The van der Waals surface area contributed by atoms with Gasteiger partial charge in [0.2, 0.25) is 0 Å². The number of nitrogens with zero attached hydrogens (tertiary/aromatic N) is 1. The fourth-order valence-corrected chi connectivity index (χ4v) is 4.09. The molecule has 1 N–H and O–H groups in total. The Morgan fingerprint density at radius 2 is 1.55 bits per heavy atom. The number of phenolic OH excluding ortho intramolecular Hbond substituents is 1. The summed E-state index contributed by atoms with van der Waals surface area (Å²) < 4.78 is 21.4. The first-order chi connectivity index (χ1) is 20.3. The largest absolute Gasteiger partial charge is 0.507 e. The molecular weight excluding hydrogens is 538 g/mol. The molecule has 42 heavy (non-hydrogen) atoms. The van der Waals surface area contributed by atoms with E-state index < -0.39 is 5.97 Å². The van der Waals surface area contributed by atoms with Gasteiger partial charge in [0, 0.05) is 24.0 Å². The van der Waals surface area contributed by atoms with E-state index in [-0.39, 0.29) is 29.5 Å². The van der Waals surface area contributed by atoms with Gasteiger partial charge in [0.1, 0.15) is 22.9 Å². The molecule has 220 valence electrons. The van der Waals surface area contributed by atoms with E-state index in [1.165, 1.54) is 21.1 Å². The summed E-state index contributed by atoms with van der Waals surface area (Å²) in [5, 5.41) is 10.5. The van der Waals surface area contributed by atoms with Crippen LogP contribution in [0.5, 0.6) is 17.2 Å². The molecule has 1 heterocycles. The molecule has 2 aromatic carbocycles. The van der Waals surface area contributed by atoms with E-state index in [0.29, 0.717) is 72.1 Å². The lowest BCUT2D eigenvalue weighted by Crippen LogP contribution is -2.10. The smallest absolute Gasteiger partial charge is 0.337 e. The maximum atomic E-state index is 11.8. The van der Waals surface area contributed by atoms with Crippen molar-refractivity contribution in [3.63, 3.8) is 0 Å². The minimum Gasteiger partial charge on any atom is -0.507 e. The standard InChI is InChI=1S/C33H35NO8/c1-5-7-27-29(18-15-26(22(2)35)32(27)37)41-20-6-21-42-30-17-14-25(34-28(30)16-19-31(36)39-3)13-10-23-8-11-24(12-9-23)33(38)40-4/h8-9,11-12,14-15,17-18,37H,5-7,16,19-21H2,1-4H3. The fourth-order valence-electron chi connectivity index (χ4n) is 4.09. The number of carbonyl (C=O) groups is 3. The maximum absolute atomic E-state index is 11.8. The second-order valence-electron chi connectivity index (χ2n) is 9.33. The molecule has 0 fully saturated rings. The van der Waals surface area contributed by atoms with E-state index in [9.17, 15) is 19.5 Å². The zero-order valence-corrected chi connectivity index (χ0v) is 24.3. The maximum Gasteiger partial charge on any atom is 0.337 e. The van der Waals surface area contributed by atoms with Crippen LogP contribution in [-0.4, -0.2) is 55.2 Å². The fraction of sp³-hybridized carbons (Fsp3) is 0.333. The Balaban J connectivity index is 1.66. The zero-order chi connectivity index (χ0) is 30.5. The molecule has 3 aromatic rings. The number of aromatic nitrogens is 1. The molecule has 0 amide bonds. The van der Waals surface area contributed by atoms with E-state index in [1.807, 2.05) is 6.92 Å². The van der Waals surface area contributed by atoms with Crippen molar-refractivity contribution in [3.05, 3.63) is 82.2 Å². The number of benzene rings is 2. The van der Waals surface area contributed by atoms with Crippen molar-refractivity contribution >= 4 is 17.7 Å². The third kappa shape index (κ3) is 8.83. The molecule has 0 radical (unpaired) electrons. The number of pyridine rings is 1. The van der Waals surface area contributed by atoms with Crippen LogP contribution in [0, 0.1) is 11.8 Å². The van der Waals surface area contributed by atoms with Gasteiger partial charge in [-0.05, 0) is 67.8 Å². The molecule has 0 unspecified atom stereocenters. The van der Waals surface area contributed by atoms with Crippen molar-refractivity contribution in [1.82, 2.24) is 4.98 Å². The number of ketones is 1.